The van der Waals surface area contributed by atoms with Crippen molar-refractivity contribution in [1.82, 2.24) is 0 Å². The average Bonchev–Trinajstić information content (AvgIpc) is 3.32. The molecule has 9 aromatic rings. The van der Waals surface area contributed by atoms with Crippen LogP contribution in [0.15, 0.2) is 188 Å². The number of hydrogen-bond donors (Lipinski definition) is 1. The van der Waals surface area contributed by atoms with Gasteiger partial charge in [-0.3, -0.25) is 0 Å². The Bertz CT molecular complexity index is 2790. The van der Waals surface area contributed by atoms with Crippen LogP contribution in [0.3, 0.4) is 0 Å². The van der Waals surface area contributed by atoms with Gasteiger partial charge in [0.1, 0.15) is 36.2 Å². The molecular formula is C55H42O6. The lowest BCUT2D eigenvalue weighted by molar-refractivity contribution is 0.0695. The lowest BCUT2D eigenvalue weighted by Crippen LogP contribution is -2.02. The Hall–Kier alpha value is -7.83. The first kappa shape index (κ1) is 38.7. The van der Waals surface area contributed by atoms with Crippen LogP contribution in [0.25, 0.3) is 66.1 Å². The van der Waals surface area contributed by atoms with E-state index in [-0.39, 0.29) is 18.8 Å². The summed E-state index contributed by atoms with van der Waals surface area (Å²) in [4.78, 5) is 12.1. The Morgan fingerprint density at radius 2 is 0.705 bits per heavy atom. The van der Waals surface area contributed by atoms with Gasteiger partial charge >= 0.3 is 5.97 Å². The van der Waals surface area contributed by atoms with Gasteiger partial charge in [-0.1, -0.05) is 146 Å². The fourth-order valence-electron chi connectivity index (χ4n) is 7.90. The number of benzene rings is 9. The normalized spacial score (nSPS) is 11.0. The summed E-state index contributed by atoms with van der Waals surface area (Å²) in [5.74, 6) is 1.43. The molecule has 0 aliphatic heterocycles. The van der Waals surface area contributed by atoms with E-state index in [1.54, 1.807) is 20.3 Å². The molecule has 0 saturated heterocycles. The van der Waals surface area contributed by atoms with Crippen LogP contribution < -0.4 is 18.9 Å². The van der Waals surface area contributed by atoms with Crippen LogP contribution >= 0.6 is 0 Å². The summed E-state index contributed by atoms with van der Waals surface area (Å²) in [5, 5.41) is 14.6. The summed E-state index contributed by atoms with van der Waals surface area (Å²) in [5.41, 5.74) is 11.0. The van der Waals surface area contributed by atoms with Crippen molar-refractivity contribution in [3.8, 4) is 67.5 Å². The molecule has 0 saturated carbocycles. The van der Waals surface area contributed by atoms with Crippen LogP contribution in [0.5, 0.6) is 23.0 Å². The van der Waals surface area contributed by atoms with Crippen LogP contribution in [0.2, 0.25) is 0 Å². The number of ether oxygens (including phenoxy) is 4. The van der Waals surface area contributed by atoms with E-state index in [1.165, 1.54) is 33.7 Å². The lowest BCUT2D eigenvalue weighted by atomic mass is 9.92. The number of carbonyl (C=O) groups is 1. The standard InChI is InChI=1S/C55H42O6/c1-58-43-23-19-40(20-24-43)49-29-27-47(51-7-3-5-9-53(49)51)38-15-11-36(12-16-38)34-60-45-31-42(55(56)57)32-46(33-45)61-35-37-13-17-39(18-14-37)48-28-30-50(54-10-6-4-8-52(48)54)41-21-25-44(59-2)26-22-41/h3-33H,34-35H2,1-2H3,(H,56,57). The maximum atomic E-state index is 12.1. The third-order valence-corrected chi connectivity index (χ3v) is 11.1. The zero-order valence-corrected chi connectivity index (χ0v) is 33.8. The van der Waals surface area contributed by atoms with Crippen LogP contribution in [-0.4, -0.2) is 25.3 Å². The van der Waals surface area contributed by atoms with Gasteiger partial charge in [-0.2, -0.15) is 0 Å². The summed E-state index contributed by atoms with van der Waals surface area (Å²) < 4.78 is 23.0. The Kier molecular flexibility index (Phi) is 10.9. The quantitative estimate of drug-likeness (QED) is 0.125. The first-order valence-corrected chi connectivity index (χ1v) is 20.1. The minimum atomic E-state index is -1.06. The Morgan fingerprint density at radius 1 is 0.393 bits per heavy atom. The smallest absolute Gasteiger partial charge is 0.335 e. The first-order valence-electron chi connectivity index (χ1n) is 20.1. The van der Waals surface area contributed by atoms with Crippen LogP contribution in [0.1, 0.15) is 21.5 Å². The Labute approximate surface area is 354 Å². The highest BCUT2D eigenvalue weighted by atomic mass is 16.5. The molecular weight excluding hydrogens is 757 g/mol. The zero-order valence-electron chi connectivity index (χ0n) is 33.8. The number of aromatic carboxylic acids is 1. The molecule has 0 amide bonds. The van der Waals surface area contributed by atoms with Crippen molar-refractivity contribution in [1.29, 1.82) is 0 Å². The molecule has 0 spiro atoms. The number of rotatable bonds is 13. The Morgan fingerprint density at radius 3 is 1.00 bits per heavy atom. The van der Waals surface area contributed by atoms with Crippen LogP contribution in [0.4, 0.5) is 0 Å². The summed E-state index contributed by atoms with van der Waals surface area (Å²) >= 11 is 0. The van der Waals surface area contributed by atoms with Gasteiger partial charge < -0.3 is 24.1 Å². The fraction of sp³-hybridized carbons (Fsp3) is 0.0727. The van der Waals surface area contributed by atoms with Gasteiger partial charge in [0.2, 0.25) is 0 Å². The average molecular weight is 799 g/mol. The molecule has 6 nitrogen and oxygen atoms in total. The molecule has 0 radical (unpaired) electrons. The predicted octanol–water partition coefficient (Wildman–Crippen LogP) is 13.5. The lowest BCUT2D eigenvalue weighted by Gasteiger charge is -2.14. The van der Waals surface area contributed by atoms with Gasteiger partial charge in [0.15, 0.2) is 0 Å². The van der Waals surface area contributed by atoms with E-state index in [4.69, 9.17) is 18.9 Å². The molecule has 0 aliphatic carbocycles. The maximum Gasteiger partial charge on any atom is 0.335 e. The molecule has 0 unspecified atom stereocenters. The molecule has 0 heterocycles. The van der Waals surface area contributed by atoms with Gasteiger partial charge in [0.25, 0.3) is 0 Å². The predicted molar refractivity (Wildman–Crippen MR) is 245 cm³/mol. The monoisotopic (exact) mass is 798 g/mol. The summed E-state index contributed by atoms with van der Waals surface area (Å²) in [6.45, 7) is 0.522. The molecule has 1 N–H and O–H groups in total. The molecule has 0 aliphatic rings. The first-order chi connectivity index (χ1) is 29.9. The highest BCUT2D eigenvalue weighted by Gasteiger charge is 2.14. The minimum absolute atomic E-state index is 0.0909. The van der Waals surface area contributed by atoms with Crippen molar-refractivity contribution in [3.63, 3.8) is 0 Å². The van der Waals surface area contributed by atoms with Crippen LogP contribution in [0, 0.1) is 0 Å². The van der Waals surface area contributed by atoms with Gasteiger partial charge in [0.05, 0.1) is 19.8 Å². The minimum Gasteiger partial charge on any atom is -0.497 e. The molecule has 61 heavy (non-hydrogen) atoms. The van der Waals surface area contributed by atoms with Crippen molar-refractivity contribution in [2.24, 2.45) is 0 Å². The van der Waals surface area contributed by atoms with E-state index in [9.17, 15) is 9.90 Å². The van der Waals surface area contributed by atoms with Crippen LogP contribution in [-0.2, 0) is 13.2 Å². The maximum absolute atomic E-state index is 12.1. The number of carboxylic acids is 1. The van der Waals surface area contributed by atoms with E-state index in [1.807, 2.05) is 48.5 Å². The second-order valence-corrected chi connectivity index (χ2v) is 14.8. The van der Waals surface area contributed by atoms with Crippen molar-refractivity contribution in [2.45, 2.75) is 13.2 Å². The number of methoxy groups -OCH3 is 2. The number of fused-ring (bicyclic) bond motifs is 2. The number of hydrogen-bond acceptors (Lipinski definition) is 5. The molecule has 6 heteroatoms. The number of carboxylic acid groups (broad SMARTS) is 1. The van der Waals surface area contributed by atoms with Crippen molar-refractivity contribution in [3.05, 3.63) is 205 Å². The van der Waals surface area contributed by atoms with E-state index in [0.717, 1.165) is 67.1 Å². The summed E-state index contributed by atoms with van der Waals surface area (Å²) in [6.07, 6.45) is 0. The largest absolute Gasteiger partial charge is 0.497 e. The highest BCUT2D eigenvalue weighted by molar-refractivity contribution is 6.06. The van der Waals surface area contributed by atoms with Crippen molar-refractivity contribution >= 4 is 27.5 Å². The van der Waals surface area contributed by atoms with E-state index >= 15 is 0 Å². The molecule has 298 valence electrons. The topological polar surface area (TPSA) is 74.2 Å². The molecule has 9 aromatic carbocycles. The van der Waals surface area contributed by atoms with E-state index in [2.05, 4.69) is 121 Å². The Balaban J connectivity index is 0.878. The van der Waals surface area contributed by atoms with E-state index in [0.29, 0.717) is 11.5 Å². The van der Waals surface area contributed by atoms with Gasteiger partial charge in [-0.25, -0.2) is 4.79 Å². The molecule has 0 fully saturated rings. The van der Waals surface area contributed by atoms with E-state index < -0.39 is 5.97 Å². The fourth-order valence-corrected chi connectivity index (χ4v) is 7.90. The van der Waals surface area contributed by atoms with Crippen molar-refractivity contribution < 1.29 is 28.8 Å². The summed E-state index contributed by atoms with van der Waals surface area (Å²) in [6, 6.07) is 63.2. The van der Waals surface area contributed by atoms with Gasteiger partial charge in [-0.05, 0) is 114 Å². The summed E-state index contributed by atoms with van der Waals surface area (Å²) in [7, 11) is 3.35. The second kappa shape index (κ2) is 17.2. The SMILES string of the molecule is COc1ccc(-c2ccc(-c3ccc(COc4cc(OCc5ccc(-c6ccc(-c7ccc(OC)cc7)c7ccccc67)cc5)cc(C(=O)O)c4)cc3)c3ccccc23)cc1. The molecule has 0 bridgehead atoms. The van der Waals surface area contributed by atoms with Gasteiger partial charge in [0, 0.05) is 6.07 Å². The second-order valence-electron chi connectivity index (χ2n) is 14.8. The molecule has 0 aromatic heterocycles. The third kappa shape index (κ3) is 8.25. The molecule has 0 atom stereocenters. The molecule has 9 rings (SSSR count). The third-order valence-electron chi connectivity index (χ3n) is 11.1. The highest BCUT2D eigenvalue weighted by Crippen LogP contribution is 2.38. The zero-order chi connectivity index (χ0) is 41.7. The van der Waals surface area contributed by atoms with Crippen molar-refractivity contribution in [2.75, 3.05) is 14.2 Å². The van der Waals surface area contributed by atoms with Gasteiger partial charge in [-0.15, -0.1) is 0 Å².